The van der Waals surface area contributed by atoms with Gasteiger partial charge >= 0.3 is 11.9 Å². The highest BCUT2D eigenvalue weighted by molar-refractivity contribution is 5.86. The van der Waals surface area contributed by atoms with Gasteiger partial charge in [0.05, 0.1) is 0 Å². The number of halogens is 2. The lowest BCUT2D eigenvalue weighted by Crippen LogP contribution is -2.30. The van der Waals surface area contributed by atoms with Gasteiger partial charge in [0.15, 0.2) is 0 Å². The molecule has 0 bridgehead atoms. The van der Waals surface area contributed by atoms with Crippen molar-refractivity contribution in [3.63, 3.8) is 0 Å². The second kappa shape index (κ2) is 4.13. The molecular weight excluding hydrogens is 226 g/mol. The molecule has 0 saturated heterocycles. The van der Waals surface area contributed by atoms with Gasteiger partial charge in [0, 0.05) is 6.42 Å². The van der Waals surface area contributed by atoms with E-state index >= 15 is 0 Å². The summed E-state index contributed by atoms with van der Waals surface area (Å²) in [7, 11) is 0. The van der Waals surface area contributed by atoms with Crippen LogP contribution in [0.5, 0.6) is 0 Å². The number of fused-ring (bicyclic) bond motifs is 1. The van der Waals surface area contributed by atoms with Crippen LogP contribution in [-0.4, -0.2) is 17.0 Å². The van der Waals surface area contributed by atoms with Gasteiger partial charge in [-0.3, -0.25) is 0 Å². The molecule has 0 aliphatic heterocycles. The van der Waals surface area contributed by atoms with Gasteiger partial charge < -0.3 is 5.11 Å². The van der Waals surface area contributed by atoms with E-state index in [2.05, 4.69) is 0 Å². The summed E-state index contributed by atoms with van der Waals surface area (Å²) in [6, 6.07) is 12.0. The number of benzene rings is 2. The van der Waals surface area contributed by atoms with Crippen LogP contribution in [0.3, 0.4) is 0 Å². The van der Waals surface area contributed by atoms with Crippen LogP contribution in [0.2, 0.25) is 0 Å². The summed E-state index contributed by atoms with van der Waals surface area (Å²) in [4.78, 5) is 10.4. The zero-order valence-corrected chi connectivity index (χ0v) is 8.86. The van der Waals surface area contributed by atoms with Gasteiger partial charge in [-0.25, -0.2) is 4.79 Å². The lowest BCUT2D eigenvalue weighted by Gasteiger charge is -2.12. The SMILES string of the molecule is O=C(O)C(F)(F)Cc1cccc2ccccc12. The molecule has 0 saturated carbocycles. The van der Waals surface area contributed by atoms with Gasteiger partial charge in [-0.05, 0) is 16.3 Å². The third-order valence-electron chi connectivity index (χ3n) is 2.61. The fourth-order valence-electron chi connectivity index (χ4n) is 1.76. The highest BCUT2D eigenvalue weighted by Crippen LogP contribution is 2.26. The molecule has 0 amide bonds. The normalized spacial score (nSPS) is 11.6. The molecule has 0 aliphatic carbocycles. The predicted octanol–water partition coefficient (Wildman–Crippen LogP) is 3.10. The van der Waals surface area contributed by atoms with Crippen LogP contribution in [0.15, 0.2) is 42.5 Å². The van der Waals surface area contributed by atoms with E-state index in [0.717, 1.165) is 5.39 Å². The summed E-state index contributed by atoms with van der Waals surface area (Å²) in [5.41, 5.74) is 0.343. The molecule has 0 radical (unpaired) electrons. The van der Waals surface area contributed by atoms with Crippen molar-refractivity contribution < 1.29 is 18.7 Å². The molecule has 0 aliphatic rings. The van der Waals surface area contributed by atoms with Crippen LogP contribution in [-0.2, 0) is 11.2 Å². The Hall–Kier alpha value is -1.97. The highest BCUT2D eigenvalue weighted by atomic mass is 19.3. The summed E-state index contributed by atoms with van der Waals surface area (Å²) >= 11 is 0. The van der Waals surface area contributed by atoms with Crippen molar-refractivity contribution in [2.45, 2.75) is 12.3 Å². The lowest BCUT2D eigenvalue weighted by atomic mass is 9.99. The highest BCUT2D eigenvalue weighted by Gasteiger charge is 2.39. The minimum absolute atomic E-state index is 0.343. The zero-order valence-electron chi connectivity index (χ0n) is 8.86. The predicted molar refractivity (Wildman–Crippen MR) is 60.2 cm³/mol. The van der Waals surface area contributed by atoms with Crippen LogP contribution in [0.1, 0.15) is 5.56 Å². The maximum absolute atomic E-state index is 13.2. The second-order valence-corrected chi connectivity index (χ2v) is 3.82. The molecular formula is C13H10F2O2. The summed E-state index contributed by atoms with van der Waals surface area (Å²) in [6.07, 6.45) is -0.788. The summed E-state index contributed by atoms with van der Waals surface area (Å²) in [6.45, 7) is 0. The summed E-state index contributed by atoms with van der Waals surface area (Å²) in [5, 5.41) is 9.91. The molecule has 4 heteroatoms. The van der Waals surface area contributed by atoms with Crippen LogP contribution >= 0.6 is 0 Å². The number of alkyl halides is 2. The van der Waals surface area contributed by atoms with E-state index in [9.17, 15) is 13.6 Å². The zero-order chi connectivity index (χ0) is 12.5. The van der Waals surface area contributed by atoms with E-state index in [1.165, 1.54) is 6.07 Å². The maximum Gasteiger partial charge on any atom is 0.374 e. The number of hydrogen-bond acceptors (Lipinski definition) is 1. The van der Waals surface area contributed by atoms with Gasteiger partial charge in [0.2, 0.25) is 0 Å². The van der Waals surface area contributed by atoms with E-state index < -0.39 is 18.3 Å². The van der Waals surface area contributed by atoms with Crippen LogP contribution in [0.4, 0.5) is 8.78 Å². The largest absolute Gasteiger partial charge is 0.477 e. The number of rotatable bonds is 3. The monoisotopic (exact) mass is 236 g/mol. The van der Waals surface area contributed by atoms with E-state index in [-0.39, 0.29) is 0 Å². The van der Waals surface area contributed by atoms with E-state index in [4.69, 9.17) is 5.11 Å². The molecule has 0 fully saturated rings. The summed E-state index contributed by atoms with van der Waals surface area (Å²) in [5.74, 6) is -5.82. The first-order valence-electron chi connectivity index (χ1n) is 5.08. The van der Waals surface area contributed by atoms with E-state index in [1.54, 1.807) is 36.4 Å². The minimum Gasteiger partial charge on any atom is -0.477 e. The minimum atomic E-state index is -3.73. The Morgan fingerprint density at radius 1 is 1.12 bits per heavy atom. The van der Waals surface area contributed by atoms with Gasteiger partial charge in [0.1, 0.15) is 0 Å². The van der Waals surface area contributed by atoms with Gasteiger partial charge in [-0.1, -0.05) is 42.5 Å². The van der Waals surface area contributed by atoms with Crippen molar-refractivity contribution in [2.24, 2.45) is 0 Å². The van der Waals surface area contributed by atoms with Crippen molar-refractivity contribution in [3.05, 3.63) is 48.0 Å². The van der Waals surface area contributed by atoms with E-state index in [0.29, 0.717) is 10.9 Å². The van der Waals surface area contributed by atoms with Crippen LogP contribution in [0, 0.1) is 0 Å². The molecule has 2 rings (SSSR count). The number of hydrogen-bond donors (Lipinski definition) is 1. The molecule has 0 heterocycles. The Morgan fingerprint density at radius 2 is 1.76 bits per heavy atom. The Bertz CT molecular complexity index is 559. The van der Waals surface area contributed by atoms with Crippen molar-refractivity contribution in [2.75, 3.05) is 0 Å². The third-order valence-corrected chi connectivity index (χ3v) is 2.61. The summed E-state index contributed by atoms with van der Waals surface area (Å²) < 4.78 is 26.3. The Morgan fingerprint density at radius 3 is 2.47 bits per heavy atom. The van der Waals surface area contributed by atoms with Crippen molar-refractivity contribution in [3.8, 4) is 0 Å². The molecule has 0 unspecified atom stereocenters. The average Bonchev–Trinajstić information content (AvgIpc) is 2.29. The van der Waals surface area contributed by atoms with Gasteiger partial charge in [0.25, 0.3) is 0 Å². The molecule has 0 aromatic heterocycles. The molecule has 2 aromatic rings. The Kier molecular flexibility index (Phi) is 2.79. The quantitative estimate of drug-likeness (QED) is 0.889. The average molecular weight is 236 g/mol. The second-order valence-electron chi connectivity index (χ2n) is 3.82. The van der Waals surface area contributed by atoms with Gasteiger partial charge in [-0.2, -0.15) is 8.78 Å². The van der Waals surface area contributed by atoms with Crippen LogP contribution in [0.25, 0.3) is 10.8 Å². The van der Waals surface area contributed by atoms with Crippen LogP contribution < -0.4 is 0 Å². The first-order valence-corrected chi connectivity index (χ1v) is 5.08. The fourth-order valence-corrected chi connectivity index (χ4v) is 1.76. The molecule has 88 valence electrons. The first kappa shape index (κ1) is 11.5. The van der Waals surface area contributed by atoms with Gasteiger partial charge in [-0.15, -0.1) is 0 Å². The third kappa shape index (κ3) is 2.25. The first-order chi connectivity index (χ1) is 8.00. The Labute approximate surface area is 96.5 Å². The van der Waals surface area contributed by atoms with Crippen molar-refractivity contribution in [1.82, 2.24) is 0 Å². The molecule has 2 aromatic carbocycles. The molecule has 0 atom stereocenters. The molecule has 1 N–H and O–H groups in total. The number of carboxylic acids is 1. The molecule has 17 heavy (non-hydrogen) atoms. The standard InChI is InChI=1S/C13H10F2O2/c14-13(15,12(16)17)8-10-6-3-5-9-4-1-2-7-11(9)10/h1-7H,8H2,(H,16,17). The number of carboxylic acid groups (broad SMARTS) is 1. The lowest BCUT2D eigenvalue weighted by molar-refractivity contribution is -0.164. The number of carbonyl (C=O) groups is 1. The fraction of sp³-hybridized carbons (Fsp3) is 0.154. The molecule has 0 spiro atoms. The smallest absolute Gasteiger partial charge is 0.374 e. The Balaban J connectivity index is 2.46. The maximum atomic E-state index is 13.2. The topological polar surface area (TPSA) is 37.3 Å². The van der Waals surface area contributed by atoms with Crippen molar-refractivity contribution >= 4 is 16.7 Å². The number of aliphatic carboxylic acids is 1. The van der Waals surface area contributed by atoms with E-state index in [1.807, 2.05) is 0 Å². The molecule has 2 nitrogen and oxygen atoms in total. The van der Waals surface area contributed by atoms with Crippen molar-refractivity contribution in [1.29, 1.82) is 0 Å².